The van der Waals surface area contributed by atoms with Crippen LogP contribution in [0.4, 0.5) is 11.5 Å². The molecule has 0 aliphatic heterocycles. The van der Waals surface area contributed by atoms with Gasteiger partial charge in [0.1, 0.15) is 5.82 Å². The van der Waals surface area contributed by atoms with Crippen molar-refractivity contribution in [3.63, 3.8) is 0 Å². The lowest BCUT2D eigenvalue weighted by atomic mass is 10.2. The van der Waals surface area contributed by atoms with E-state index in [0.29, 0.717) is 11.3 Å². The largest absolute Gasteiger partial charge is 0.397 e. The Balaban J connectivity index is 2.77. The molecule has 0 unspecified atom stereocenters. The SMILES string of the molecule is CCCCCN(C)c1cc(C(N)=O)c(N)cn1. The minimum absolute atomic E-state index is 0.322. The maximum absolute atomic E-state index is 11.2. The molecule has 1 rings (SSSR count). The topological polar surface area (TPSA) is 85.2 Å². The number of aromatic nitrogens is 1. The molecule has 1 amide bonds. The molecule has 0 fully saturated rings. The van der Waals surface area contributed by atoms with Crippen LogP contribution in [0.5, 0.6) is 0 Å². The molecule has 5 nitrogen and oxygen atoms in total. The number of unbranched alkanes of at least 4 members (excludes halogenated alkanes) is 2. The van der Waals surface area contributed by atoms with E-state index in [4.69, 9.17) is 11.5 Å². The van der Waals surface area contributed by atoms with Crippen LogP contribution in [0.25, 0.3) is 0 Å². The van der Waals surface area contributed by atoms with Gasteiger partial charge in [-0.3, -0.25) is 4.79 Å². The number of rotatable bonds is 6. The zero-order valence-electron chi connectivity index (χ0n) is 10.4. The number of hydrogen-bond acceptors (Lipinski definition) is 4. The third-order valence-electron chi connectivity index (χ3n) is 2.67. The van der Waals surface area contributed by atoms with Gasteiger partial charge >= 0.3 is 0 Å². The van der Waals surface area contributed by atoms with Gasteiger partial charge in [0.05, 0.1) is 17.4 Å². The van der Waals surface area contributed by atoms with Crippen molar-refractivity contribution in [3.05, 3.63) is 17.8 Å². The molecule has 0 aliphatic rings. The van der Waals surface area contributed by atoms with Gasteiger partial charge in [0.2, 0.25) is 0 Å². The molecule has 0 spiro atoms. The third-order valence-corrected chi connectivity index (χ3v) is 2.67. The molecular weight excluding hydrogens is 216 g/mol. The first-order valence-electron chi connectivity index (χ1n) is 5.82. The molecule has 0 aromatic carbocycles. The van der Waals surface area contributed by atoms with Crippen LogP contribution in [-0.4, -0.2) is 24.5 Å². The van der Waals surface area contributed by atoms with E-state index in [1.807, 2.05) is 11.9 Å². The van der Waals surface area contributed by atoms with Crippen molar-refractivity contribution < 1.29 is 4.79 Å². The lowest BCUT2D eigenvalue weighted by Crippen LogP contribution is -2.21. The van der Waals surface area contributed by atoms with Crippen LogP contribution >= 0.6 is 0 Å². The fourth-order valence-electron chi connectivity index (χ4n) is 1.59. The predicted molar refractivity (Wildman–Crippen MR) is 70.0 cm³/mol. The van der Waals surface area contributed by atoms with Crippen molar-refractivity contribution >= 4 is 17.4 Å². The smallest absolute Gasteiger partial charge is 0.250 e. The van der Waals surface area contributed by atoms with Crippen molar-refractivity contribution in [3.8, 4) is 0 Å². The Hall–Kier alpha value is -1.78. The van der Waals surface area contributed by atoms with E-state index in [1.54, 1.807) is 6.07 Å². The number of primary amides is 1. The molecule has 0 atom stereocenters. The Morgan fingerprint density at radius 1 is 1.47 bits per heavy atom. The van der Waals surface area contributed by atoms with Crippen LogP contribution in [0.1, 0.15) is 36.5 Å². The molecule has 1 aromatic rings. The maximum atomic E-state index is 11.2. The summed E-state index contributed by atoms with van der Waals surface area (Å²) in [5.41, 5.74) is 11.5. The minimum Gasteiger partial charge on any atom is -0.397 e. The summed E-state index contributed by atoms with van der Waals surface area (Å²) in [6.45, 7) is 3.07. The molecule has 0 bridgehead atoms. The van der Waals surface area contributed by atoms with E-state index in [9.17, 15) is 4.79 Å². The van der Waals surface area contributed by atoms with Gasteiger partial charge in [0.15, 0.2) is 0 Å². The van der Waals surface area contributed by atoms with Gasteiger partial charge in [-0.05, 0) is 12.5 Å². The van der Waals surface area contributed by atoms with Crippen LogP contribution in [0.2, 0.25) is 0 Å². The Labute approximate surface area is 102 Å². The first kappa shape index (κ1) is 13.3. The van der Waals surface area contributed by atoms with Crippen molar-refractivity contribution in [2.45, 2.75) is 26.2 Å². The zero-order valence-corrected chi connectivity index (χ0v) is 10.4. The van der Waals surface area contributed by atoms with Gasteiger partial charge in [-0.15, -0.1) is 0 Å². The highest BCUT2D eigenvalue weighted by molar-refractivity contribution is 5.98. The second-order valence-corrected chi connectivity index (χ2v) is 4.12. The summed E-state index contributed by atoms with van der Waals surface area (Å²) in [6.07, 6.45) is 4.94. The lowest BCUT2D eigenvalue weighted by molar-refractivity contribution is 0.100. The summed E-state index contributed by atoms with van der Waals surface area (Å²) in [7, 11) is 1.94. The van der Waals surface area contributed by atoms with E-state index < -0.39 is 5.91 Å². The van der Waals surface area contributed by atoms with Crippen molar-refractivity contribution in [2.24, 2.45) is 5.73 Å². The van der Waals surface area contributed by atoms with Crippen LogP contribution in [0.3, 0.4) is 0 Å². The Kier molecular flexibility index (Phi) is 4.75. The normalized spacial score (nSPS) is 10.2. The Morgan fingerprint density at radius 2 is 2.18 bits per heavy atom. The summed E-state index contributed by atoms with van der Waals surface area (Å²) >= 11 is 0. The number of amides is 1. The average Bonchev–Trinajstić information content (AvgIpc) is 2.29. The molecule has 94 valence electrons. The first-order chi connectivity index (χ1) is 8.06. The van der Waals surface area contributed by atoms with Crippen LogP contribution in [0.15, 0.2) is 12.3 Å². The molecule has 4 N–H and O–H groups in total. The summed E-state index contributed by atoms with van der Waals surface area (Å²) in [4.78, 5) is 17.3. The minimum atomic E-state index is -0.520. The van der Waals surface area contributed by atoms with Gasteiger partial charge < -0.3 is 16.4 Å². The van der Waals surface area contributed by atoms with Crippen molar-refractivity contribution in [1.82, 2.24) is 4.98 Å². The number of carbonyl (C=O) groups is 1. The number of hydrogen-bond donors (Lipinski definition) is 2. The van der Waals surface area contributed by atoms with E-state index in [0.717, 1.165) is 18.8 Å². The molecular formula is C12H20N4O. The van der Waals surface area contributed by atoms with Crippen LogP contribution < -0.4 is 16.4 Å². The van der Waals surface area contributed by atoms with Crippen molar-refractivity contribution in [1.29, 1.82) is 0 Å². The Morgan fingerprint density at radius 3 is 2.76 bits per heavy atom. The fraction of sp³-hybridized carbons (Fsp3) is 0.500. The molecule has 1 aromatic heterocycles. The molecule has 5 heteroatoms. The molecule has 0 saturated heterocycles. The second kappa shape index (κ2) is 6.08. The molecule has 17 heavy (non-hydrogen) atoms. The number of anilines is 2. The molecule has 1 heterocycles. The number of nitrogen functional groups attached to an aromatic ring is 1. The van der Waals surface area contributed by atoms with E-state index in [1.165, 1.54) is 19.0 Å². The highest BCUT2D eigenvalue weighted by atomic mass is 16.1. The monoisotopic (exact) mass is 236 g/mol. The summed E-state index contributed by atoms with van der Waals surface area (Å²) in [5, 5.41) is 0. The van der Waals surface area contributed by atoms with E-state index in [2.05, 4.69) is 11.9 Å². The highest BCUT2D eigenvalue weighted by Crippen LogP contribution is 2.17. The van der Waals surface area contributed by atoms with Gasteiger partial charge in [0.25, 0.3) is 5.91 Å². The van der Waals surface area contributed by atoms with Gasteiger partial charge in [-0.2, -0.15) is 0 Å². The predicted octanol–water partition coefficient (Wildman–Crippen LogP) is 1.39. The summed E-state index contributed by atoms with van der Waals surface area (Å²) in [5.74, 6) is 0.206. The molecule has 0 radical (unpaired) electrons. The fourth-order valence-corrected chi connectivity index (χ4v) is 1.59. The van der Waals surface area contributed by atoms with E-state index in [-0.39, 0.29) is 0 Å². The van der Waals surface area contributed by atoms with Gasteiger partial charge in [-0.1, -0.05) is 19.8 Å². The van der Waals surface area contributed by atoms with Crippen LogP contribution in [-0.2, 0) is 0 Å². The summed E-state index contributed by atoms with van der Waals surface area (Å²) in [6, 6.07) is 1.64. The maximum Gasteiger partial charge on any atom is 0.250 e. The molecule has 0 aliphatic carbocycles. The number of nitrogens with two attached hydrogens (primary N) is 2. The first-order valence-corrected chi connectivity index (χ1v) is 5.82. The Bertz CT molecular complexity index is 392. The van der Waals surface area contributed by atoms with Crippen LogP contribution in [0, 0.1) is 0 Å². The van der Waals surface area contributed by atoms with Crippen molar-refractivity contribution in [2.75, 3.05) is 24.2 Å². The highest BCUT2D eigenvalue weighted by Gasteiger charge is 2.10. The molecule has 0 saturated carbocycles. The number of pyridine rings is 1. The zero-order chi connectivity index (χ0) is 12.8. The number of carbonyl (C=O) groups excluding carboxylic acids is 1. The van der Waals surface area contributed by atoms with E-state index >= 15 is 0 Å². The lowest BCUT2D eigenvalue weighted by Gasteiger charge is -2.18. The van der Waals surface area contributed by atoms with Gasteiger partial charge in [0, 0.05) is 13.6 Å². The quantitative estimate of drug-likeness (QED) is 0.731. The standard InChI is InChI=1S/C12H20N4O/c1-3-4-5-6-16(2)11-7-9(12(14)17)10(13)8-15-11/h7-8H,3-6,13H2,1-2H3,(H2,14,17). The third kappa shape index (κ3) is 3.62. The summed E-state index contributed by atoms with van der Waals surface area (Å²) < 4.78 is 0. The number of nitrogens with zero attached hydrogens (tertiary/aromatic N) is 2. The average molecular weight is 236 g/mol. The second-order valence-electron chi connectivity index (χ2n) is 4.12. The van der Waals surface area contributed by atoms with Gasteiger partial charge in [-0.25, -0.2) is 4.98 Å².